The van der Waals surface area contributed by atoms with Crippen molar-refractivity contribution in [2.45, 2.75) is 40.5 Å². The van der Waals surface area contributed by atoms with Crippen LogP contribution < -0.4 is 0 Å². The van der Waals surface area contributed by atoms with Gasteiger partial charge in [0.1, 0.15) is 0 Å². The van der Waals surface area contributed by atoms with Crippen molar-refractivity contribution in [2.75, 3.05) is 7.11 Å². The minimum absolute atomic E-state index is 0.0988. The topological polar surface area (TPSA) is 63.6 Å². The summed E-state index contributed by atoms with van der Waals surface area (Å²) in [6.07, 6.45) is 1.13. The summed E-state index contributed by atoms with van der Waals surface area (Å²) in [5, 5.41) is 8.90. The van der Waals surface area contributed by atoms with Crippen molar-refractivity contribution in [1.29, 1.82) is 0 Å². The third-order valence-electron chi connectivity index (χ3n) is 3.50. The van der Waals surface area contributed by atoms with E-state index < -0.39 is 17.3 Å². The molecular formula is C12H22O4. The van der Waals surface area contributed by atoms with Crippen LogP contribution in [0.2, 0.25) is 0 Å². The van der Waals surface area contributed by atoms with Crippen molar-refractivity contribution in [3.63, 3.8) is 0 Å². The molecule has 0 rings (SSSR count). The van der Waals surface area contributed by atoms with E-state index in [1.165, 1.54) is 7.11 Å². The molecule has 4 nitrogen and oxygen atoms in total. The molecule has 0 aromatic carbocycles. The predicted octanol–water partition coefficient (Wildman–Crippen LogP) is 2.32. The Morgan fingerprint density at radius 2 is 1.88 bits per heavy atom. The highest BCUT2D eigenvalue weighted by Crippen LogP contribution is 2.37. The van der Waals surface area contributed by atoms with Gasteiger partial charge >= 0.3 is 11.9 Å². The molecule has 0 aliphatic rings. The van der Waals surface area contributed by atoms with Crippen LogP contribution in [-0.2, 0) is 14.3 Å². The normalized spacial score (nSPS) is 18.3. The average Bonchev–Trinajstić information content (AvgIpc) is 2.25. The van der Waals surface area contributed by atoms with Gasteiger partial charge in [0.25, 0.3) is 0 Å². The number of ether oxygens (including phenoxy) is 1. The summed E-state index contributed by atoms with van der Waals surface area (Å²) in [5.41, 5.74) is -0.721. The first-order valence-electron chi connectivity index (χ1n) is 5.60. The van der Waals surface area contributed by atoms with Gasteiger partial charge in [-0.1, -0.05) is 27.2 Å². The fourth-order valence-electron chi connectivity index (χ4n) is 1.89. The number of rotatable bonds is 6. The van der Waals surface area contributed by atoms with E-state index in [-0.39, 0.29) is 11.9 Å². The lowest BCUT2D eigenvalue weighted by atomic mass is 9.71. The van der Waals surface area contributed by atoms with Gasteiger partial charge in [0.2, 0.25) is 0 Å². The van der Waals surface area contributed by atoms with Gasteiger partial charge in [0.15, 0.2) is 0 Å². The molecule has 0 amide bonds. The van der Waals surface area contributed by atoms with Crippen molar-refractivity contribution in [1.82, 2.24) is 0 Å². The summed E-state index contributed by atoms with van der Waals surface area (Å²) in [6.45, 7) is 7.33. The first-order chi connectivity index (χ1) is 7.29. The molecule has 0 aliphatic carbocycles. The molecule has 0 saturated heterocycles. The number of esters is 1. The van der Waals surface area contributed by atoms with Gasteiger partial charge in [-0.2, -0.15) is 0 Å². The Balaban J connectivity index is 4.94. The summed E-state index contributed by atoms with van der Waals surface area (Å²) < 4.78 is 4.79. The number of hydrogen-bond donors (Lipinski definition) is 1. The second-order valence-electron chi connectivity index (χ2n) is 4.66. The fraction of sp³-hybridized carbons (Fsp3) is 0.833. The molecular weight excluding hydrogens is 208 g/mol. The van der Waals surface area contributed by atoms with Crippen molar-refractivity contribution in [3.05, 3.63) is 0 Å². The van der Waals surface area contributed by atoms with Crippen molar-refractivity contribution < 1.29 is 19.4 Å². The number of carbonyl (C=O) groups is 2. The quantitative estimate of drug-likeness (QED) is 0.711. The smallest absolute Gasteiger partial charge is 0.311 e. The van der Waals surface area contributed by atoms with Crippen molar-refractivity contribution in [3.8, 4) is 0 Å². The highest BCUT2D eigenvalue weighted by Gasteiger charge is 2.41. The van der Waals surface area contributed by atoms with E-state index in [0.29, 0.717) is 6.42 Å². The summed E-state index contributed by atoms with van der Waals surface area (Å²) in [6, 6.07) is 0. The Labute approximate surface area is 97.0 Å². The van der Waals surface area contributed by atoms with Gasteiger partial charge < -0.3 is 9.84 Å². The summed E-state index contributed by atoms with van der Waals surface area (Å²) >= 11 is 0. The molecule has 1 N–H and O–H groups in total. The number of carbonyl (C=O) groups excluding carboxylic acids is 1. The molecule has 3 unspecified atom stereocenters. The Kier molecular flexibility index (Phi) is 5.48. The van der Waals surface area contributed by atoms with Gasteiger partial charge in [0, 0.05) is 0 Å². The molecule has 16 heavy (non-hydrogen) atoms. The van der Waals surface area contributed by atoms with Gasteiger partial charge in [-0.05, 0) is 19.3 Å². The molecule has 0 spiro atoms. The van der Waals surface area contributed by atoms with Crippen molar-refractivity contribution in [2.24, 2.45) is 17.3 Å². The second kappa shape index (κ2) is 5.87. The Hall–Kier alpha value is -1.06. The van der Waals surface area contributed by atoms with E-state index in [9.17, 15) is 9.59 Å². The van der Waals surface area contributed by atoms with E-state index in [1.807, 2.05) is 13.8 Å². The Bertz CT molecular complexity index is 262. The van der Waals surface area contributed by atoms with Crippen LogP contribution in [0.25, 0.3) is 0 Å². The minimum Gasteiger partial charge on any atom is -0.481 e. The lowest BCUT2D eigenvalue weighted by Crippen LogP contribution is -2.38. The number of aliphatic carboxylic acids is 1. The average molecular weight is 230 g/mol. The lowest BCUT2D eigenvalue weighted by Gasteiger charge is -2.33. The number of carboxylic acid groups (broad SMARTS) is 1. The van der Waals surface area contributed by atoms with Gasteiger partial charge in [-0.3, -0.25) is 9.59 Å². The highest BCUT2D eigenvalue weighted by atomic mass is 16.5. The minimum atomic E-state index is -0.876. The van der Waals surface area contributed by atoms with Gasteiger partial charge in [-0.15, -0.1) is 0 Å². The maximum Gasteiger partial charge on any atom is 0.311 e. The van der Waals surface area contributed by atoms with E-state index >= 15 is 0 Å². The Morgan fingerprint density at radius 3 is 2.19 bits per heavy atom. The maximum absolute atomic E-state index is 11.8. The van der Waals surface area contributed by atoms with Crippen molar-refractivity contribution >= 4 is 11.9 Å². The van der Waals surface area contributed by atoms with E-state index in [4.69, 9.17) is 9.84 Å². The monoisotopic (exact) mass is 230 g/mol. The molecule has 0 radical (unpaired) electrons. The second-order valence-corrected chi connectivity index (χ2v) is 4.66. The van der Waals surface area contributed by atoms with E-state index in [2.05, 4.69) is 0 Å². The molecule has 4 heteroatoms. The van der Waals surface area contributed by atoms with Crippen LogP contribution in [-0.4, -0.2) is 24.2 Å². The predicted molar refractivity (Wildman–Crippen MR) is 61.0 cm³/mol. The van der Waals surface area contributed by atoms with Gasteiger partial charge in [-0.25, -0.2) is 0 Å². The van der Waals surface area contributed by atoms with Crippen LogP contribution >= 0.6 is 0 Å². The third-order valence-corrected chi connectivity index (χ3v) is 3.50. The maximum atomic E-state index is 11.8. The zero-order chi connectivity index (χ0) is 12.9. The van der Waals surface area contributed by atoms with Crippen LogP contribution in [0.5, 0.6) is 0 Å². The Morgan fingerprint density at radius 1 is 1.38 bits per heavy atom. The molecule has 94 valence electrons. The molecule has 0 bridgehead atoms. The molecule has 0 saturated carbocycles. The SMILES string of the molecule is CCC(C)C(C)(CC(C)C(=O)O)C(=O)OC. The zero-order valence-corrected chi connectivity index (χ0v) is 10.7. The lowest BCUT2D eigenvalue weighted by molar-refractivity contribution is -0.158. The van der Waals surface area contributed by atoms with Crippen LogP contribution in [0.3, 0.4) is 0 Å². The van der Waals surface area contributed by atoms with Crippen LogP contribution in [0.15, 0.2) is 0 Å². The van der Waals surface area contributed by atoms with E-state index in [0.717, 1.165) is 6.42 Å². The zero-order valence-electron chi connectivity index (χ0n) is 10.7. The first kappa shape index (κ1) is 14.9. The summed E-state index contributed by atoms with van der Waals surface area (Å²) in [4.78, 5) is 22.6. The molecule has 0 aromatic rings. The summed E-state index contributed by atoms with van der Waals surface area (Å²) in [7, 11) is 1.34. The van der Waals surface area contributed by atoms with Crippen LogP contribution in [0, 0.1) is 17.3 Å². The number of hydrogen-bond acceptors (Lipinski definition) is 3. The molecule has 0 aromatic heterocycles. The third kappa shape index (κ3) is 3.22. The van der Waals surface area contributed by atoms with Gasteiger partial charge in [0.05, 0.1) is 18.4 Å². The molecule has 0 aliphatic heterocycles. The van der Waals surface area contributed by atoms with Crippen LogP contribution in [0.1, 0.15) is 40.5 Å². The standard InChI is InChI=1S/C12H22O4/c1-6-9(3)12(4,11(15)16-5)7-8(2)10(13)14/h8-9H,6-7H2,1-5H3,(H,13,14). The first-order valence-corrected chi connectivity index (χ1v) is 5.60. The number of methoxy groups -OCH3 is 1. The highest BCUT2D eigenvalue weighted by molar-refractivity contribution is 5.78. The molecule has 0 heterocycles. The molecule has 3 atom stereocenters. The van der Waals surface area contributed by atoms with Crippen LogP contribution in [0.4, 0.5) is 0 Å². The molecule has 0 fully saturated rings. The summed E-state index contributed by atoms with van der Waals surface area (Å²) in [5.74, 6) is -1.65. The fourth-order valence-corrected chi connectivity index (χ4v) is 1.89. The van der Waals surface area contributed by atoms with E-state index in [1.54, 1.807) is 13.8 Å². The largest absolute Gasteiger partial charge is 0.481 e. The number of carboxylic acids is 1.